The Kier molecular flexibility index (Phi) is 4.83. The number of hydrogen-bond acceptors (Lipinski definition) is 3. The molecule has 0 atom stereocenters. The van der Waals surface area contributed by atoms with Crippen molar-refractivity contribution in [1.29, 1.82) is 0 Å². The van der Waals surface area contributed by atoms with E-state index in [1.54, 1.807) is 13.2 Å². The van der Waals surface area contributed by atoms with Crippen molar-refractivity contribution in [2.24, 2.45) is 5.92 Å². The van der Waals surface area contributed by atoms with Crippen LogP contribution in [0.5, 0.6) is 0 Å². The molecule has 4 nitrogen and oxygen atoms in total. The Bertz CT molecular complexity index is 747. The fourth-order valence-corrected chi connectivity index (χ4v) is 3.21. The first-order valence-electron chi connectivity index (χ1n) is 8.41. The molecule has 0 unspecified atom stereocenters. The van der Waals surface area contributed by atoms with Crippen molar-refractivity contribution in [3.8, 4) is 0 Å². The lowest BCUT2D eigenvalue weighted by molar-refractivity contribution is 0.140. The number of H-pyrrole nitrogens is 1. The molecule has 1 fully saturated rings. The second kappa shape index (κ2) is 6.85. The van der Waals surface area contributed by atoms with Crippen molar-refractivity contribution in [3.05, 3.63) is 45.2 Å². The molecule has 0 saturated heterocycles. The molecule has 23 heavy (non-hydrogen) atoms. The quantitative estimate of drug-likeness (QED) is 0.854. The predicted octanol–water partition coefficient (Wildman–Crippen LogP) is 3.00. The summed E-state index contributed by atoms with van der Waals surface area (Å²) < 4.78 is 5.22. The average Bonchev–Trinajstić information content (AvgIpc) is 3.30. The molecule has 1 aliphatic carbocycles. The Labute approximate surface area is 137 Å². The molecule has 1 aromatic carbocycles. The van der Waals surface area contributed by atoms with Crippen molar-refractivity contribution < 1.29 is 4.74 Å². The number of nitrogens with zero attached hydrogens (tertiary/aromatic N) is 1. The van der Waals surface area contributed by atoms with Gasteiger partial charge >= 0.3 is 0 Å². The van der Waals surface area contributed by atoms with E-state index in [0.717, 1.165) is 59.9 Å². The van der Waals surface area contributed by atoms with E-state index in [4.69, 9.17) is 4.74 Å². The summed E-state index contributed by atoms with van der Waals surface area (Å²) >= 11 is 0. The number of hydrogen-bond donors (Lipinski definition) is 1. The zero-order chi connectivity index (χ0) is 16.4. The number of nitrogens with one attached hydrogen (secondary N) is 1. The molecule has 0 bridgehead atoms. The van der Waals surface area contributed by atoms with Crippen LogP contribution in [0.3, 0.4) is 0 Å². The van der Waals surface area contributed by atoms with Crippen molar-refractivity contribution in [2.75, 3.05) is 26.8 Å². The maximum atomic E-state index is 12.5. The molecule has 0 spiro atoms. The minimum Gasteiger partial charge on any atom is -0.383 e. The van der Waals surface area contributed by atoms with Gasteiger partial charge in [-0.2, -0.15) is 0 Å². The summed E-state index contributed by atoms with van der Waals surface area (Å²) in [5.74, 6) is 0.823. The maximum absolute atomic E-state index is 12.5. The van der Waals surface area contributed by atoms with Gasteiger partial charge in [0.1, 0.15) is 0 Å². The van der Waals surface area contributed by atoms with Crippen LogP contribution in [0.15, 0.2) is 23.0 Å². The molecular formula is C19H26N2O2. The van der Waals surface area contributed by atoms with E-state index in [2.05, 4.69) is 22.9 Å². The van der Waals surface area contributed by atoms with Gasteiger partial charge in [0, 0.05) is 43.9 Å². The summed E-state index contributed by atoms with van der Waals surface area (Å²) in [5.41, 5.74) is 4.33. The molecule has 1 saturated carbocycles. The standard InChI is InChI=1S/C19H26N2O2/c1-13-8-14(2)19-17(9-13)18(22)10-16(20-19)12-21(6-7-23-3)11-15-4-5-15/h8-10,15H,4-7,11-12H2,1-3H3,(H,20,22). The van der Waals surface area contributed by atoms with Gasteiger partial charge in [0.25, 0.3) is 0 Å². The molecule has 0 aliphatic heterocycles. The first kappa shape index (κ1) is 16.2. The molecule has 124 valence electrons. The van der Waals surface area contributed by atoms with Crippen LogP contribution in [0.1, 0.15) is 29.7 Å². The molecule has 1 heterocycles. The van der Waals surface area contributed by atoms with E-state index in [1.807, 2.05) is 13.0 Å². The summed E-state index contributed by atoms with van der Waals surface area (Å²) in [6, 6.07) is 5.85. The van der Waals surface area contributed by atoms with Crippen LogP contribution >= 0.6 is 0 Å². The summed E-state index contributed by atoms with van der Waals surface area (Å²) in [7, 11) is 1.74. The summed E-state index contributed by atoms with van der Waals surface area (Å²) in [4.78, 5) is 18.3. The van der Waals surface area contributed by atoms with Gasteiger partial charge in [-0.25, -0.2) is 0 Å². The predicted molar refractivity (Wildman–Crippen MR) is 93.9 cm³/mol. The lowest BCUT2D eigenvalue weighted by Crippen LogP contribution is -2.30. The molecule has 0 amide bonds. The fourth-order valence-electron chi connectivity index (χ4n) is 3.21. The number of pyridine rings is 1. The second-order valence-corrected chi connectivity index (χ2v) is 6.83. The van der Waals surface area contributed by atoms with E-state index in [1.165, 1.54) is 12.8 Å². The Morgan fingerprint density at radius 1 is 1.26 bits per heavy atom. The molecule has 1 aliphatic rings. The Balaban J connectivity index is 1.87. The summed E-state index contributed by atoms with van der Waals surface area (Å²) in [6.07, 6.45) is 2.66. The zero-order valence-electron chi connectivity index (χ0n) is 14.3. The Morgan fingerprint density at radius 2 is 2.04 bits per heavy atom. The van der Waals surface area contributed by atoms with Crippen LogP contribution < -0.4 is 5.43 Å². The largest absolute Gasteiger partial charge is 0.383 e. The molecule has 1 aromatic heterocycles. The van der Waals surface area contributed by atoms with Crippen molar-refractivity contribution in [3.63, 3.8) is 0 Å². The molecule has 0 radical (unpaired) electrons. The van der Waals surface area contributed by atoms with Crippen molar-refractivity contribution in [2.45, 2.75) is 33.2 Å². The first-order chi connectivity index (χ1) is 11.1. The van der Waals surface area contributed by atoms with Crippen LogP contribution in [0, 0.1) is 19.8 Å². The summed E-state index contributed by atoms with van der Waals surface area (Å²) in [5, 5.41) is 0.789. The molecule has 1 N–H and O–H groups in total. The molecule has 3 rings (SSSR count). The third kappa shape index (κ3) is 4.01. The van der Waals surface area contributed by atoms with Crippen molar-refractivity contribution in [1.82, 2.24) is 9.88 Å². The number of aromatic amines is 1. The minimum absolute atomic E-state index is 0.110. The Morgan fingerprint density at radius 3 is 2.74 bits per heavy atom. The fraction of sp³-hybridized carbons (Fsp3) is 0.526. The van der Waals surface area contributed by atoms with Crippen LogP contribution in [-0.4, -0.2) is 36.7 Å². The highest BCUT2D eigenvalue weighted by Gasteiger charge is 2.24. The lowest BCUT2D eigenvalue weighted by Gasteiger charge is -2.22. The van der Waals surface area contributed by atoms with Gasteiger partial charge < -0.3 is 9.72 Å². The molecule has 2 aromatic rings. The van der Waals surface area contributed by atoms with Crippen LogP contribution in [0.25, 0.3) is 10.9 Å². The van der Waals surface area contributed by atoms with Gasteiger partial charge in [-0.05, 0) is 49.8 Å². The van der Waals surface area contributed by atoms with Gasteiger partial charge in [-0.1, -0.05) is 6.07 Å². The van der Waals surface area contributed by atoms with E-state index in [0.29, 0.717) is 0 Å². The normalized spacial score (nSPS) is 14.8. The van der Waals surface area contributed by atoms with Gasteiger partial charge in [0.05, 0.1) is 12.1 Å². The van der Waals surface area contributed by atoms with E-state index >= 15 is 0 Å². The second-order valence-electron chi connectivity index (χ2n) is 6.83. The number of rotatable bonds is 7. The third-order valence-electron chi connectivity index (χ3n) is 4.56. The van der Waals surface area contributed by atoms with E-state index < -0.39 is 0 Å². The lowest BCUT2D eigenvalue weighted by atomic mass is 10.1. The van der Waals surface area contributed by atoms with Gasteiger partial charge in [0.2, 0.25) is 0 Å². The van der Waals surface area contributed by atoms with Gasteiger partial charge in [-0.15, -0.1) is 0 Å². The topological polar surface area (TPSA) is 45.3 Å². The highest BCUT2D eigenvalue weighted by atomic mass is 16.5. The minimum atomic E-state index is 0.110. The maximum Gasteiger partial charge on any atom is 0.189 e. The smallest absolute Gasteiger partial charge is 0.189 e. The van der Waals surface area contributed by atoms with Gasteiger partial charge in [-0.3, -0.25) is 9.69 Å². The number of fused-ring (bicyclic) bond motifs is 1. The molecule has 4 heteroatoms. The SMILES string of the molecule is COCCN(Cc1cc(=O)c2cc(C)cc(C)c2[nH]1)CC1CC1. The van der Waals surface area contributed by atoms with Crippen LogP contribution in [0.2, 0.25) is 0 Å². The zero-order valence-corrected chi connectivity index (χ0v) is 14.3. The van der Waals surface area contributed by atoms with E-state index in [-0.39, 0.29) is 5.43 Å². The van der Waals surface area contributed by atoms with Crippen LogP contribution in [0.4, 0.5) is 0 Å². The number of aromatic nitrogens is 1. The monoisotopic (exact) mass is 314 g/mol. The van der Waals surface area contributed by atoms with E-state index in [9.17, 15) is 4.79 Å². The summed E-state index contributed by atoms with van der Waals surface area (Å²) in [6.45, 7) is 7.58. The highest BCUT2D eigenvalue weighted by Crippen LogP contribution is 2.30. The number of benzene rings is 1. The number of ether oxygens (including phenoxy) is 1. The molecular weight excluding hydrogens is 288 g/mol. The third-order valence-corrected chi connectivity index (χ3v) is 4.56. The highest BCUT2D eigenvalue weighted by molar-refractivity contribution is 5.82. The van der Waals surface area contributed by atoms with Crippen molar-refractivity contribution >= 4 is 10.9 Å². The first-order valence-corrected chi connectivity index (χ1v) is 8.41. The van der Waals surface area contributed by atoms with Gasteiger partial charge in [0.15, 0.2) is 5.43 Å². The number of methoxy groups -OCH3 is 1. The average molecular weight is 314 g/mol. The number of aryl methyl sites for hydroxylation is 2. The van der Waals surface area contributed by atoms with Crippen LogP contribution in [-0.2, 0) is 11.3 Å². The Hall–Kier alpha value is -1.65.